The maximum absolute atomic E-state index is 15.7. The molecular formula is C37H51FN6O2S. The van der Waals surface area contributed by atoms with Crippen LogP contribution in [0, 0.1) is 5.82 Å². The number of benzene rings is 2. The van der Waals surface area contributed by atoms with E-state index in [-0.39, 0.29) is 23.1 Å². The van der Waals surface area contributed by atoms with Crippen molar-refractivity contribution in [1.82, 2.24) is 14.9 Å². The van der Waals surface area contributed by atoms with Crippen LogP contribution >= 0.6 is 11.8 Å². The maximum atomic E-state index is 15.7. The van der Waals surface area contributed by atoms with Gasteiger partial charge < -0.3 is 25.2 Å². The minimum Gasteiger partial charge on any atom is -0.377 e. The van der Waals surface area contributed by atoms with E-state index in [4.69, 9.17) is 9.72 Å². The highest BCUT2D eigenvalue weighted by Gasteiger charge is 2.25. The molecule has 0 saturated carbocycles. The lowest BCUT2D eigenvalue weighted by molar-refractivity contribution is -0.111. The molecule has 2 aromatic carbocycles. The Hall–Kier alpha value is -3.73. The number of amides is 1. The predicted molar refractivity (Wildman–Crippen MR) is 197 cm³/mol. The van der Waals surface area contributed by atoms with Gasteiger partial charge in [-0.25, -0.2) is 14.4 Å². The summed E-state index contributed by atoms with van der Waals surface area (Å²) >= 11 is 1.55. The molecule has 3 rings (SSSR count). The largest absolute Gasteiger partial charge is 0.377 e. The quantitative estimate of drug-likeness (QED) is 0.0851. The topological polar surface area (TPSA) is 82.6 Å². The van der Waals surface area contributed by atoms with Gasteiger partial charge in [0.25, 0.3) is 0 Å². The van der Waals surface area contributed by atoms with E-state index in [2.05, 4.69) is 65.8 Å². The molecule has 1 aromatic heterocycles. The lowest BCUT2D eigenvalue weighted by Gasteiger charge is -2.37. The Morgan fingerprint density at radius 1 is 1.13 bits per heavy atom. The van der Waals surface area contributed by atoms with E-state index in [0.29, 0.717) is 36.7 Å². The molecule has 254 valence electrons. The summed E-state index contributed by atoms with van der Waals surface area (Å²) in [6.07, 6.45) is 7.13. The summed E-state index contributed by atoms with van der Waals surface area (Å²) in [6.45, 7) is 15.8. The molecular weight excluding hydrogens is 612 g/mol. The smallest absolute Gasteiger partial charge is 0.247 e. The zero-order valence-corrected chi connectivity index (χ0v) is 30.3. The van der Waals surface area contributed by atoms with Crippen molar-refractivity contribution in [1.29, 1.82) is 0 Å². The van der Waals surface area contributed by atoms with Gasteiger partial charge in [-0.15, -0.1) is 11.8 Å². The Kier molecular flexibility index (Phi) is 14.0. The van der Waals surface area contributed by atoms with E-state index in [0.717, 1.165) is 46.5 Å². The molecule has 0 aliphatic rings. The summed E-state index contributed by atoms with van der Waals surface area (Å²) in [7, 11) is 6.11. The monoisotopic (exact) mass is 662 g/mol. The lowest BCUT2D eigenvalue weighted by Crippen LogP contribution is -2.47. The van der Waals surface area contributed by atoms with Gasteiger partial charge in [-0.05, 0) is 88.9 Å². The second-order valence-electron chi connectivity index (χ2n) is 12.5. The fraction of sp³-hybridized carbons (Fsp3) is 0.432. The van der Waals surface area contributed by atoms with E-state index >= 15 is 4.39 Å². The Labute approximate surface area is 284 Å². The van der Waals surface area contributed by atoms with Gasteiger partial charge in [0.1, 0.15) is 5.69 Å². The van der Waals surface area contributed by atoms with Crippen LogP contribution in [-0.4, -0.2) is 73.5 Å². The number of carbonyl (C=O) groups is 1. The number of thioether (sulfide) groups is 1. The first-order valence-electron chi connectivity index (χ1n) is 16.1. The standard InChI is InChI=1S/C37H51FN6O2S/c1-11-16-26-17-14-15-18-27(26)34(25(4)23-46-19-12-2)35-28(38)22-39-36(42-35)41-30-20-29(40-33(45)13-3)31(21-32(30)47-10)44(9)24-37(5,6)43(7)8/h13-15,17-18,20-22H,3,11-12,16,19,23-24H2,1-2,4-10H3,(H,40,45)(H,39,41,42)/b34-25-. The number of rotatable bonds is 17. The number of aromatic nitrogens is 2. The third-order valence-corrected chi connectivity index (χ3v) is 8.91. The average Bonchev–Trinajstić information content (AvgIpc) is 3.03. The predicted octanol–water partition coefficient (Wildman–Crippen LogP) is 8.18. The Bertz CT molecular complexity index is 1570. The molecule has 1 amide bonds. The van der Waals surface area contributed by atoms with Crippen LogP contribution in [0.1, 0.15) is 64.3 Å². The molecule has 0 atom stereocenters. The van der Waals surface area contributed by atoms with Crippen LogP contribution in [0.5, 0.6) is 0 Å². The van der Waals surface area contributed by atoms with Crippen LogP contribution in [0.4, 0.5) is 27.4 Å². The van der Waals surface area contributed by atoms with Crippen molar-refractivity contribution in [3.8, 4) is 0 Å². The van der Waals surface area contributed by atoms with Crippen molar-refractivity contribution in [2.75, 3.05) is 62.7 Å². The summed E-state index contributed by atoms with van der Waals surface area (Å²) in [4.78, 5) is 26.8. The van der Waals surface area contributed by atoms with Gasteiger partial charge in [-0.3, -0.25) is 4.79 Å². The molecule has 47 heavy (non-hydrogen) atoms. The van der Waals surface area contributed by atoms with E-state index in [1.54, 1.807) is 11.8 Å². The Balaban J connectivity index is 2.15. The molecule has 0 aliphatic heterocycles. The highest BCUT2D eigenvalue weighted by Crippen LogP contribution is 2.39. The van der Waals surface area contributed by atoms with Gasteiger partial charge in [0.05, 0.1) is 29.9 Å². The second-order valence-corrected chi connectivity index (χ2v) is 13.3. The fourth-order valence-electron chi connectivity index (χ4n) is 5.22. The number of aryl methyl sites for hydroxylation is 1. The van der Waals surface area contributed by atoms with Gasteiger partial charge in [-0.2, -0.15) is 0 Å². The SMILES string of the molecule is C=CC(=O)Nc1cc(Nc2ncc(F)c(/C(=C(/C)COCCC)c3ccccc3CCC)n2)c(SC)cc1N(C)CC(C)(C)N(C)C. The molecule has 10 heteroatoms. The minimum atomic E-state index is -0.517. The molecule has 0 radical (unpaired) electrons. The summed E-state index contributed by atoms with van der Waals surface area (Å²) < 4.78 is 21.6. The molecule has 1 heterocycles. The molecule has 0 fully saturated rings. The first-order chi connectivity index (χ1) is 22.4. The Morgan fingerprint density at radius 2 is 1.85 bits per heavy atom. The second kappa shape index (κ2) is 17.4. The highest BCUT2D eigenvalue weighted by atomic mass is 32.2. The van der Waals surface area contributed by atoms with E-state index in [1.807, 2.05) is 64.7 Å². The molecule has 0 bridgehead atoms. The van der Waals surface area contributed by atoms with Crippen molar-refractivity contribution in [3.63, 3.8) is 0 Å². The summed E-state index contributed by atoms with van der Waals surface area (Å²) in [6, 6.07) is 12.0. The van der Waals surface area contributed by atoms with Crippen LogP contribution in [-0.2, 0) is 16.0 Å². The third-order valence-electron chi connectivity index (χ3n) is 8.13. The number of hydrogen-bond donors (Lipinski definition) is 2. The van der Waals surface area contributed by atoms with Crippen LogP contribution in [0.15, 0.2) is 65.7 Å². The van der Waals surface area contributed by atoms with Crippen LogP contribution in [0.3, 0.4) is 0 Å². The molecule has 0 aliphatic carbocycles. The minimum absolute atomic E-state index is 0.135. The normalized spacial score (nSPS) is 12.1. The number of carbonyl (C=O) groups excluding carboxylic acids is 1. The lowest BCUT2D eigenvalue weighted by atomic mass is 9.91. The maximum Gasteiger partial charge on any atom is 0.247 e. The van der Waals surface area contributed by atoms with Gasteiger partial charge in [0, 0.05) is 36.2 Å². The number of halogens is 1. The molecule has 2 N–H and O–H groups in total. The number of anilines is 4. The summed E-state index contributed by atoms with van der Waals surface area (Å²) in [5.74, 6) is -0.604. The van der Waals surface area contributed by atoms with Crippen molar-refractivity contribution < 1.29 is 13.9 Å². The van der Waals surface area contributed by atoms with Crippen LogP contribution in [0.25, 0.3) is 5.57 Å². The van der Waals surface area contributed by atoms with Gasteiger partial charge in [0.2, 0.25) is 11.9 Å². The van der Waals surface area contributed by atoms with E-state index < -0.39 is 5.82 Å². The fourth-order valence-corrected chi connectivity index (χ4v) is 5.78. The van der Waals surface area contributed by atoms with Gasteiger partial charge in [0.15, 0.2) is 5.82 Å². The van der Waals surface area contributed by atoms with Gasteiger partial charge in [-0.1, -0.05) is 51.1 Å². The zero-order valence-electron chi connectivity index (χ0n) is 29.5. The van der Waals surface area contributed by atoms with Crippen LogP contribution in [0.2, 0.25) is 0 Å². The number of nitrogens with zero attached hydrogens (tertiary/aromatic N) is 4. The van der Waals surface area contributed by atoms with Crippen molar-refractivity contribution in [2.45, 2.75) is 64.3 Å². The Morgan fingerprint density at radius 3 is 2.49 bits per heavy atom. The third kappa shape index (κ3) is 9.89. The molecule has 8 nitrogen and oxygen atoms in total. The summed E-state index contributed by atoms with van der Waals surface area (Å²) in [5.41, 5.74) is 5.85. The van der Waals surface area contributed by atoms with Crippen LogP contribution < -0.4 is 15.5 Å². The van der Waals surface area contributed by atoms with Gasteiger partial charge >= 0.3 is 0 Å². The molecule has 0 spiro atoms. The zero-order chi connectivity index (χ0) is 34.7. The van der Waals surface area contributed by atoms with Crippen molar-refractivity contribution in [2.24, 2.45) is 0 Å². The van der Waals surface area contributed by atoms with E-state index in [1.165, 1.54) is 12.3 Å². The number of ether oxygens (including phenoxy) is 1. The molecule has 0 unspecified atom stereocenters. The first-order valence-corrected chi connectivity index (χ1v) is 17.3. The number of nitrogens with one attached hydrogen (secondary N) is 2. The number of likely N-dealkylation sites (N-methyl/N-ethyl adjacent to an activating group) is 2. The molecule has 3 aromatic rings. The van der Waals surface area contributed by atoms with Crippen molar-refractivity contribution >= 4 is 46.3 Å². The van der Waals surface area contributed by atoms with E-state index in [9.17, 15) is 4.79 Å². The molecule has 0 saturated heterocycles. The summed E-state index contributed by atoms with van der Waals surface area (Å²) in [5, 5.41) is 6.29. The number of hydrogen-bond acceptors (Lipinski definition) is 8. The highest BCUT2D eigenvalue weighted by molar-refractivity contribution is 7.98. The average molecular weight is 663 g/mol. The van der Waals surface area contributed by atoms with Crippen molar-refractivity contribution in [3.05, 3.63) is 83.5 Å². The first kappa shape index (κ1) is 37.7.